The van der Waals surface area contributed by atoms with E-state index in [4.69, 9.17) is 5.10 Å². The van der Waals surface area contributed by atoms with Gasteiger partial charge in [-0.3, -0.25) is 4.90 Å². The molecule has 6 nitrogen and oxygen atoms in total. The lowest BCUT2D eigenvalue weighted by molar-refractivity contribution is 0.331. The first-order chi connectivity index (χ1) is 10.9. The van der Waals surface area contributed by atoms with E-state index in [0.717, 1.165) is 27.2 Å². The largest absolute Gasteiger partial charge is 0.297 e. The maximum Gasteiger partial charge on any atom is 0.235 e. The molecular weight excluding hydrogens is 316 g/mol. The Bertz CT molecular complexity index is 808. The Labute approximate surface area is 135 Å². The molecule has 2 fully saturated rings. The fraction of sp³-hybridized carbons (Fsp3) is 0.571. The quantitative estimate of drug-likeness (QED) is 0.735. The second-order valence-corrected chi connectivity index (χ2v) is 8.11. The number of likely N-dealkylation sites (tertiary alicyclic amines) is 1. The van der Waals surface area contributed by atoms with E-state index < -0.39 is 0 Å². The molecule has 3 aromatic heterocycles. The normalized spacial score (nSPS) is 19.5. The summed E-state index contributed by atoms with van der Waals surface area (Å²) < 4.78 is 1.93. The lowest BCUT2D eigenvalue weighted by atomic mass is 10.4. The van der Waals surface area contributed by atoms with Gasteiger partial charge in [-0.25, -0.2) is 4.98 Å². The van der Waals surface area contributed by atoms with Gasteiger partial charge in [0.2, 0.25) is 4.96 Å². The molecule has 0 atom stereocenters. The summed E-state index contributed by atoms with van der Waals surface area (Å²) in [6, 6.07) is 0. The lowest BCUT2D eigenvalue weighted by Crippen LogP contribution is -2.17. The Balaban J connectivity index is 1.42. The van der Waals surface area contributed by atoms with Crippen LogP contribution in [0.2, 0.25) is 0 Å². The molecule has 1 aliphatic carbocycles. The molecule has 0 unspecified atom stereocenters. The van der Waals surface area contributed by atoms with Gasteiger partial charge in [0.1, 0.15) is 5.01 Å². The van der Waals surface area contributed by atoms with E-state index in [1.165, 1.54) is 43.8 Å². The maximum atomic E-state index is 4.72. The van der Waals surface area contributed by atoms with Crippen LogP contribution in [0, 0.1) is 0 Å². The third-order valence-electron chi connectivity index (χ3n) is 4.28. The van der Waals surface area contributed by atoms with Crippen molar-refractivity contribution in [1.82, 2.24) is 29.7 Å². The lowest BCUT2D eigenvalue weighted by Gasteiger charge is -2.11. The highest BCUT2D eigenvalue weighted by atomic mass is 32.1. The van der Waals surface area contributed by atoms with E-state index in [1.807, 2.05) is 10.7 Å². The van der Waals surface area contributed by atoms with Crippen LogP contribution < -0.4 is 0 Å². The van der Waals surface area contributed by atoms with Gasteiger partial charge in [0.15, 0.2) is 10.8 Å². The predicted octanol–water partition coefficient (Wildman–Crippen LogP) is 2.78. The van der Waals surface area contributed by atoms with Crippen molar-refractivity contribution in [3.8, 4) is 9.88 Å². The smallest absolute Gasteiger partial charge is 0.235 e. The predicted molar refractivity (Wildman–Crippen MR) is 86.3 cm³/mol. The van der Waals surface area contributed by atoms with Crippen molar-refractivity contribution >= 4 is 27.6 Å². The average molecular weight is 332 g/mol. The fourth-order valence-corrected chi connectivity index (χ4v) is 4.78. The van der Waals surface area contributed by atoms with Crippen molar-refractivity contribution in [2.24, 2.45) is 0 Å². The molecule has 0 spiro atoms. The van der Waals surface area contributed by atoms with Gasteiger partial charge in [0.25, 0.3) is 0 Å². The maximum absolute atomic E-state index is 4.72. The van der Waals surface area contributed by atoms with E-state index in [0.29, 0.717) is 5.92 Å². The van der Waals surface area contributed by atoms with Gasteiger partial charge in [-0.1, -0.05) is 11.3 Å². The summed E-state index contributed by atoms with van der Waals surface area (Å²) in [5, 5.41) is 15.4. The van der Waals surface area contributed by atoms with Crippen molar-refractivity contribution in [3.05, 3.63) is 17.0 Å². The summed E-state index contributed by atoms with van der Waals surface area (Å²) in [6.07, 6.45) is 7.03. The Morgan fingerprint density at radius 3 is 2.82 bits per heavy atom. The van der Waals surface area contributed by atoms with Gasteiger partial charge in [0.05, 0.1) is 11.4 Å². The molecule has 1 saturated heterocycles. The second kappa shape index (κ2) is 5.07. The summed E-state index contributed by atoms with van der Waals surface area (Å²) in [4.78, 5) is 9.10. The van der Waals surface area contributed by atoms with Gasteiger partial charge in [-0.05, 0) is 38.8 Å². The number of fused-ring (bicyclic) bond motifs is 1. The van der Waals surface area contributed by atoms with Gasteiger partial charge in [-0.2, -0.15) is 9.61 Å². The van der Waals surface area contributed by atoms with E-state index in [1.54, 1.807) is 22.7 Å². The molecule has 0 radical (unpaired) electrons. The highest BCUT2D eigenvalue weighted by Crippen LogP contribution is 2.40. The van der Waals surface area contributed by atoms with Crippen LogP contribution in [-0.4, -0.2) is 42.8 Å². The SMILES string of the molecule is c1nc(CN2CCCC2)sc1-c1nn2c(C3CC3)nnc2s1. The first-order valence-corrected chi connectivity index (χ1v) is 9.40. The molecule has 4 heterocycles. The van der Waals surface area contributed by atoms with Crippen LogP contribution in [0.1, 0.15) is 42.4 Å². The molecule has 1 saturated carbocycles. The molecule has 8 heteroatoms. The van der Waals surface area contributed by atoms with E-state index in [9.17, 15) is 0 Å². The van der Waals surface area contributed by atoms with E-state index >= 15 is 0 Å². The third kappa shape index (κ3) is 2.26. The van der Waals surface area contributed by atoms with Crippen molar-refractivity contribution in [1.29, 1.82) is 0 Å². The number of rotatable bonds is 4. The average Bonchev–Trinajstić information content (AvgIpc) is 2.96. The first kappa shape index (κ1) is 13.1. The molecule has 114 valence electrons. The summed E-state index contributed by atoms with van der Waals surface area (Å²) in [5.74, 6) is 1.59. The number of aromatic nitrogens is 5. The molecule has 22 heavy (non-hydrogen) atoms. The van der Waals surface area contributed by atoms with Crippen LogP contribution >= 0.6 is 22.7 Å². The number of nitrogens with zero attached hydrogens (tertiary/aromatic N) is 6. The Kier molecular flexibility index (Phi) is 3.02. The van der Waals surface area contributed by atoms with Crippen molar-refractivity contribution < 1.29 is 0 Å². The number of thiazole rings is 1. The molecular formula is C14H16N6S2. The highest BCUT2D eigenvalue weighted by molar-refractivity contribution is 7.24. The molecule has 0 bridgehead atoms. The highest BCUT2D eigenvalue weighted by Gasteiger charge is 2.30. The second-order valence-electron chi connectivity index (χ2n) is 6.04. The topological polar surface area (TPSA) is 59.2 Å². The first-order valence-electron chi connectivity index (χ1n) is 7.76. The van der Waals surface area contributed by atoms with Crippen molar-refractivity contribution in [2.75, 3.05) is 13.1 Å². The van der Waals surface area contributed by atoms with Gasteiger partial charge in [-0.15, -0.1) is 21.5 Å². The summed E-state index contributed by atoms with van der Waals surface area (Å²) in [6.45, 7) is 3.38. The fourth-order valence-electron chi connectivity index (χ4n) is 2.94. The third-order valence-corrected chi connectivity index (χ3v) is 6.33. The van der Waals surface area contributed by atoms with Crippen molar-refractivity contribution in [2.45, 2.75) is 38.1 Å². The van der Waals surface area contributed by atoms with E-state index in [-0.39, 0.29) is 0 Å². The van der Waals surface area contributed by atoms with Crippen molar-refractivity contribution in [3.63, 3.8) is 0 Å². The number of hydrogen-bond donors (Lipinski definition) is 0. The molecule has 2 aliphatic rings. The zero-order valence-electron chi connectivity index (χ0n) is 12.1. The minimum atomic E-state index is 0.567. The van der Waals surface area contributed by atoms with Gasteiger partial charge >= 0.3 is 0 Å². The Morgan fingerprint density at radius 1 is 1.14 bits per heavy atom. The molecule has 0 aromatic carbocycles. The van der Waals surface area contributed by atoms with Crippen LogP contribution in [0.3, 0.4) is 0 Å². The molecule has 1 aliphatic heterocycles. The zero-order valence-corrected chi connectivity index (χ0v) is 13.7. The molecule has 3 aromatic rings. The van der Waals surface area contributed by atoms with Crippen LogP contribution in [0.15, 0.2) is 6.20 Å². The Morgan fingerprint density at radius 2 is 2.00 bits per heavy atom. The minimum Gasteiger partial charge on any atom is -0.297 e. The van der Waals surface area contributed by atoms with Crippen LogP contribution in [0.4, 0.5) is 0 Å². The zero-order chi connectivity index (χ0) is 14.5. The van der Waals surface area contributed by atoms with Crippen LogP contribution in [0.5, 0.6) is 0 Å². The summed E-state index contributed by atoms with van der Waals surface area (Å²) in [5.41, 5.74) is 0. The van der Waals surface area contributed by atoms with E-state index in [2.05, 4.69) is 20.1 Å². The van der Waals surface area contributed by atoms with Gasteiger partial charge < -0.3 is 0 Å². The summed E-state index contributed by atoms with van der Waals surface area (Å²) >= 11 is 3.36. The number of hydrogen-bond acceptors (Lipinski definition) is 7. The Hall–Kier alpha value is -1.38. The minimum absolute atomic E-state index is 0.567. The van der Waals surface area contributed by atoms with Crippen LogP contribution in [-0.2, 0) is 6.54 Å². The molecule has 5 rings (SSSR count). The molecule has 0 N–H and O–H groups in total. The monoisotopic (exact) mass is 332 g/mol. The summed E-state index contributed by atoms with van der Waals surface area (Å²) in [7, 11) is 0. The molecule has 0 amide bonds. The van der Waals surface area contributed by atoms with Gasteiger partial charge in [0, 0.05) is 12.1 Å². The standard InChI is InChI=1S/C14H16N6S2/c1-2-6-19(5-1)8-11-15-7-10(21-11)13-18-20-12(9-3-4-9)16-17-14(20)22-13/h7,9H,1-6,8H2. The van der Waals surface area contributed by atoms with Crippen LogP contribution in [0.25, 0.3) is 14.8 Å².